The van der Waals surface area contributed by atoms with Gasteiger partial charge >= 0.3 is 17.9 Å². The lowest BCUT2D eigenvalue weighted by Crippen LogP contribution is -2.61. The van der Waals surface area contributed by atoms with E-state index in [9.17, 15) is 83.1 Å². The zero-order valence-electron chi connectivity index (χ0n) is 49.4. The van der Waals surface area contributed by atoms with Gasteiger partial charge in [0.1, 0.15) is 65.9 Å². The van der Waals surface area contributed by atoms with Gasteiger partial charge in [-0.15, -0.1) is 0 Å². The molecule has 5 rings (SSSR count). The molecule has 16 N–H and O–H groups in total. The molecule has 0 spiro atoms. The summed E-state index contributed by atoms with van der Waals surface area (Å²) < 4.78 is 0. The van der Waals surface area contributed by atoms with Crippen molar-refractivity contribution in [3.8, 4) is 11.5 Å². The zero-order valence-corrected chi connectivity index (χ0v) is 49.4. The van der Waals surface area contributed by atoms with Crippen LogP contribution < -0.4 is 48.7 Å². The molecule has 9 amide bonds. The number of nitrogens with two attached hydrogens (primary N) is 2. The summed E-state index contributed by atoms with van der Waals surface area (Å²) in [5.74, 6) is -13.4. The van der Waals surface area contributed by atoms with Gasteiger partial charge in [0.2, 0.25) is 53.2 Å². The van der Waals surface area contributed by atoms with Crippen molar-refractivity contribution < 1.29 is 83.1 Å². The van der Waals surface area contributed by atoms with E-state index in [1.807, 2.05) is 0 Å². The molecule has 11 atom stereocenters. The van der Waals surface area contributed by atoms with Gasteiger partial charge in [0.15, 0.2) is 0 Å². The van der Waals surface area contributed by atoms with Crippen LogP contribution in [0.1, 0.15) is 102 Å². The van der Waals surface area contributed by atoms with Gasteiger partial charge in [-0.1, -0.05) is 74.9 Å². The normalized spacial score (nSPS) is 17.6. The van der Waals surface area contributed by atoms with E-state index in [1.165, 1.54) is 48.2 Å². The average molecular weight is 1230 g/mol. The van der Waals surface area contributed by atoms with Crippen molar-refractivity contribution in [2.24, 2.45) is 17.4 Å². The molecule has 478 valence electrons. The maximum Gasteiger partial charge on any atom is 0.326 e. The third-order valence-corrected chi connectivity index (χ3v) is 15.4. The molecule has 0 aromatic heterocycles. The number of phenolic OH excluding ortho intramolecular Hbond substituents is 2. The number of nitrogens with one attached hydrogen (secondary N) is 7. The summed E-state index contributed by atoms with van der Waals surface area (Å²) in [6.07, 6.45) is -0.331. The number of hydrogen-bond acceptors (Lipinski definition) is 16. The monoisotopic (exact) mass is 1230 g/mol. The lowest BCUT2D eigenvalue weighted by molar-refractivity contribution is -0.145. The van der Waals surface area contributed by atoms with Gasteiger partial charge in [-0.2, -0.15) is 0 Å². The molecule has 28 heteroatoms. The van der Waals surface area contributed by atoms with Crippen LogP contribution in [0.4, 0.5) is 0 Å². The first-order valence-electron chi connectivity index (χ1n) is 29.3. The number of carboxylic acid groups (broad SMARTS) is 3. The van der Waals surface area contributed by atoms with Crippen molar-refractivity contribution in [3.63, 3.8) is 0 Å². The Morgan fingerprint density at radius 3 is 1.44 bits per heavy atom. The summed E-state index contributed by atoms with van der Waals surface area (Å²) in [7, 11) is 0. The predicted molar refractivity (Wildman–Crippen MR) is 315 cm³/mol. The molecule has 3 aromatic rings. The Bertz CT molecular complexity index is 2950. The number of nitrogens with zero attached hydrogens (tertiary/aromatic N) is 2. The maximum atomic E-state index is 14.6. The number of carbonyl (C=O) groups excluding carboxylic acids is 9. The van der Waals surface area contributed by atoms with Crippen molar-refractivity contribution in [1.82, 2.24) is 47.0 Å². The molecule has 2 aliphatic heterocycles. The molecule has 0 unspecified atom stereocenters. The number of benzene rings is 3. The van der Waals surface area contributed by atoms with Crippen LogP contribution in [0, 0.1) is 5.92 Å². The molecule has 88 heavy (non-hydrogen) atoms. The molecule has 2 aliphatic rings. The van der Waals surface area contributed by atoms with Crippen LogP contribution in [0.2, 0.25) is 0 Å². The molecule has 2 saturated heterocycles. The van der Waals surface area contributed by atoms with Crippen LogP contribution in [-0.4, -0.2) is 186 Å². The fraction of sp³-hybridized carbons (Fsp3) is 0.500. The van der Waals surface area contributed by atoms with Gasteiger partial charge in [-0.25, -0.2) is 4.79 Å². The standard InChI is InChI=1S/C60H81N11O17/c1-4-33(2)50(69-55(82)45(32-49(76)77)65-51(78)34(3)63-56(83)46-15-10-26-70(46)58(85)40(62)28-36-17-21-38(72)22-18-36)59(86)71-27-11-16-47(71)57(84)68-44(31-48(74)75)54(81)67-43(30-37-19-23-39(73)24-20-37)53(80)66-42(29-35-12-6-5-7-13-35)52(79)64-41(60(87)88)14-8-9-25-61/h5-7,12-13,17-24,33-34,40-47,50,72-73H,4,8-11,14-16,25-32,61-62H2,1-3H3,(H,63,83)(H,64,79)(H,65,78)(H,66,80)(H,67,81)(H,68,84)(H,69,82)(H,74,75)(H,76,77)(H,87,88)/t33-,34-,40-,41-,42-,43-,44-,45-,46-,47-,50-/m0/s1. The van der Waals surface area contributed by atoms with E-state index in [1.54, 1.807) is 56.3 Å². The molecule has 0 radical (unpaired) electrons. The Morgan fingerprint density at radius 1 is 0.523 bits per heavy atom. The van der Waals surface area contributed by atoms with Gasteiger partial charge in [-0.3, -0.25) is 52.7 Å². The Morgan fingerprint density at radius 2 is 0.955 bits per heavy atom. The summed E-state index contributed by atoms with van der Waals surface area (Å²) in [5.41, 5.74) is 13.4. The number of hydrogen-bond donors (Lipinski definition) is 14. The van der Waals surface area contributed by atoms with Gasteiger partial charge in [0.25, 0.3) is 0 Å². The minimum atomic E-state index is -1.90. The molecule has 2 heterocycles. The molecule has 0 saturated carbocycles. The van der Waals surface area contributed by atoms with Crippen LogP contribution >= 0.6 is 0 Å². The predicted octanol–water partition coefficient (Wildman–Crippen LogP) is -0.942. The molecule has 2 fully saturated rings. The lowest BCUT2D eigenvalue weighted by Gasteiger charge is -2.33. The van der Waals surface area contributed by atoms with Gasteiger partial charge < -0.3 is 84.0 Å². The number of carbonyl (C=O) groups is 12. The minimum Gasteiger partial charge on any atom is -0.508 e. The number of carboxylic acids is 3. The second-order valence-corrected chi connectivity index (χ2v) is 22.1. The number of phenols is 2. The van der Waals surface area contributed by atoms with Crippen LogP contribution in [0.3, 0.4) is 0 Å². The van der Waals surface area contributed by atoms with Crippen molar-refractivity contribution in [2.45, 2.75) is 165 Å². The molecule has 28 nitrogen and oxygen atoms in total. The Balaban J connectivity index is 1.29. The lowest BCUT2D eigenvalue weighted by atomic mass is 9.96. The minimum absolute atomic E-state index is 0.00659. The highest BCUT2D eigenvalue weighted by Crippen LogP contribution is 2.24. The molecule has 3 aromatic carbocycles. The molecule has 0 aliphatic carbocycles. The Hall–Kier alpha value is -9.18. The van der Waals surface area contributed by atoms with Crippen LogP contribution in [-0.2, 0) is 76.8 Å². The Labute approximate surface area is 508 Å². The number of unbranched alkanes of at least 4 members (excludes halogenated alkanes) is 1. The second kappa shape index (κ2) is 33.7. The number of likely N-dealkylation sites (tertiary alicyclic amines) is 2. The molecular formula is C60H81N11O17. The first kappa shape index (κ1) is 69.6. The smallest absolute Gasteiger partial charge is 0.326 e. The van der Waals surface area contributed by atoms with Crippen LogP contribution in [0.15, 0.2) is 78.9 Å². The van der Waals surface area contributed by atoms with E-state index in [0.717, 1.165) is 4.90 Å². The van der Waals surface area contributed by atoms with E-state index < -0.39 is 150 Å². The highest BCUT2D eigenvalue weighted by Gasteiger charge is 2.43. The summed E-state index contributed by atoms with van der Waals surface area (Å²) in [6.45, 7) is 4.99. The zero-order chi connectivity index (χ0) is 64.8. The third kappa shape index (κ3) is 20.8. The summed E-state index contributed by atoms with van der Waals surface area (Å²) in [4.78, 5) is 165. The first-order valence-corrected chi connectivity index (χ1v) is 29.3. The first-order chi connectivity index (χ1) is 41.8. The number of aliphatic carboxylic acids is 3. The van der Waals surface area contributed by atoms with E-state index in [0.29, 0.717) is 36.0 Å². The maximum absolute atomic E-state index is 14.6. The highest BCUT2D eigenvalue weighted by atomic mass is 16.4. The van der Waals surface area contributed by atoms with E-state index in [2.05, 4.69) is 37.2 Å². The van der Waals surface area contributed by atoms with E-state index in [-0.39, 0.29) is 82.5 Å². The molecular weight excluding hydrogens is 1150 g/mol. The van der Waals surface area contributed by atoms with Gasteiger partial charge in [0, 0.05) is 25.9 Å². The van der Waals surface area contributed by atoms with Crippen LogP contribution in [0.25, 0.3) is 0 Å². The Kier molecular flexibility index (Phi) is 26.6. The van der Waals surface area contributed by atoms with Gasteiger partial charge in [-0.05, 0) is 112 Å². The fourth-order valence-corrected chi connectivity index (χ4v) is 10.3. The highest BCUT2D eigenvalue weighted by molar-refractivity contribution is 6.00. The van der Waals surface area contributed by atoms with Crippen LogP contribution in [0.5, 0.6) is 11.5 Å². The largest absolute Gasteiger partial charge is 0.508 e. The number of aromatic hydroxyl groups is 2. The summed E-state index contributed by atoms with van der Waals surface area (Å²) in [5, 5.41) is 66.8. The van der Waals surface area contributed by atoms with Crippen molar-refractivity contribution in [1.29, 1.82) is 0 Å². The van der Waals surface area contributed by atoms with Crippen molar-refractivity contribution in [3.05, 3.63) is 95.6 Å². The number of rotatable bonds is 33. The van der Waals surface area contributed by atoms with E-state index in [4.69, 9.17) is 11.5 Å². The summed E-state index contributed by atoms with van der Waals surface area (Å²) in [6, 6.07) is 5.71. The summed E-state index contributed by atoms with van der Waals surface area (Å²) >= 11 is 0. The van der Waals surface area contributed by atoms with Crippen molar-refractivity contribution >= 4 is 71.1 Å². The number of amides is 9. The van der Waals surface area contributed by atoms with Crippen molar-refractivity contribution in [2.75, 3.05) is 19.6 Å². The third-order valence-electron chi connectivity index (χ3n) is 15.4. The van der Waals surface area contributed by atoms with Gasteiger partial charge in [0.05, 0.1) is 18.9 Å². The SMILES string of the molecule is CC[C@H](C)[C@H](NC(=O)[C@H](CC(=O)O)NC(=O)[C@H](C)NC(=O)[C@@H]1CCCN1C(=O)[C@@H](N)Cc1ccc(O)cc1)C(=O)N1CCC[C@H]1C(=O)N[C@@H](CC(=O)O)C(=O)N[C@@H](Cc1ccc(O)cc1)C(=O)N[C@@H](Cc1ccccc1)C(=O)N[C@@H](CCCCN)C(=O)O. The van der Waals surface area contributed by atoms with E-state index >= 15 is 0 Å². The topological polar surface area (TPSA) is 449 Å². The fourth-order valence-electron chi connectivity index (χ4n) is 10.3. The molecule has 0 bridgehead atoms. The second-order valence-electron chi connectivity index (χ2n) is 22.1. The quantitative estimate of drug-likeness (QED) is 0.0327. The average Bonchev–Trinajstić information content (AvgIpc) is 2.57.